The van der Waals surface area contributed by atoms with Gasteiger partial charge in [0.05, 0.1) is 17.7 Å². The van der Waals surface area contributed by atoms with Gasteiger partial charge >= 0.3 is 6.61 Å². The summed E-state index contributed by atoms with van der Waals surface area (Å²) in [7, 11) is 0. The maximum Gasteiger partial charge on any atom is 0.387 e. The predicted octanol–water partition coefficient (Wildman–Crippen LogP) is 4.35. The summed E-state index contributed by atoms with van der Waals surface area (Å²) in [5.41, 5.74) is 1.20. The molecule has 1 amide bonds. The first-order valence-electron chi connectivity index (χ1n) is 8.33. The zero-order valence-corrected chi connectivity index (χ0v) is 16.2. The highest BCUT2D eigenvalue weighted by atomic mass is 32.1. The lowest BCUT2D eigenvalue weighted by Gasteiger charge is -2.05. The number of benzene rings is 1. The van der Waals surface area contributed by atoms with Crippen LogP contribution in [0.4, 0.5) is 13.9 Å². The number of nitrogens with one attached hydrogen (secondary N) is 1. The molecule has 0 spiro atoms. The van der Waals surface area contributed by atoms with Crippen LogP contribution in [0.15, 0.2) is 39.9 Å². The van der Waals surface area contributed by atoms with Gasteiger partial charge in [0.2, 0.25) is 5.13 Å². The number of anilines is 1. The first-order chi connectivity index (χ1) is 13.9. The number of aryl methyl sites for hydroxylation is 1. The van der Waals surface area contributed by atoms with E-state index in [0.717, 1.165) is 11.5 Å². The van der Waals surface area contributed by atoms with Crippen molar-refractivity contribution in [2.45, 2.75) is 26.9 Å². The Morgan fingerprint density at radius 1 is 1.41 bits per heavy atom. The molecule has 0 fully saturated rings. The van der Waals surface area contributed by atoms with E-state index in [4.69, 9.17) is 9.62 Å². The van der Waals surface area contributed by atoms with E-state index in [2.05, 4.69) is 24.6 Å². The van der Waals surface area contributed by atoms with E-state index in [9.17, 15) is 13.6 Å². The molecule has 29 heavy (non-hydrogen) atoms. The molecule has 2 aromatic heterocycles. The van der Waals surface area contributed by atoms with Crippen molar-refractivity contribution >= 4 is 28.3 Å². The van der Waals surface area contributed by atoms with Crippen molar-refractivity contribution in [1.29, 1.82) is 0 Å². The number of aromatic nitrogens is 2. The van der Waals surface area contributed by atoms with Gasteiger partial charge in [0, 0.05) is 17.1 Å². The number of hydrogen-bond donors (Lipinski definition) is 2. The lowest BCUT2D eigenvalue weighted by molar-refractivity contribution is -0.0498. The number of ether oxygens (including phenoxy) is 1. The van der Waals surface area contributed by atoms with Crippen LogP contribution < -0.4 is 10.1 Å². The fourth-order valence-electron chi connectivity index (χ4n) is 2.48. The van der Waals surface area contributed by atoms with E-state index in [1.54, 1.807) is 26.0 Å². The second-order valence-corrected chi connectivity index (χ2v) is 6.72. The van der Waals surface area contributed by atoms with E-state index in [1.807, 2.05) is 0 Å². The number of carbonyl (C=O) groups excluding carboxylic acids is 1. The first kappa shape index (κ1) is 20.4. The fraction of sp³-hybridized carbons (Fsp3) is 0.222. The van der Waals surface area contributed by atoms with Gasteiger partial charge < -0.3 is 14.4 Å². The Morgan fingerprint density at radius 2 is 2.21 bits per heavy atom. The number of amides is 1. The molecule has 0 saturated heterocycles. The van der Waals surface area contributed by atoms with Gasteiger partial charge in [-0.25, -0.2) is 4.98 Å². The highest BCUT2D eigenvalue weighted by Crippen LogP contribution is 2.29. The summed E-state index contributed by atoms with van der Waals surface area (Å²) >= 11 is 0.994. The van der Waals surface area contributed by atoms with E-state index >= 15 is 0 Å². The van der Waals surface area contributed by atoms with Crippen LogP contribution in [-0.4, -0.2) is 32.8 Å². The molecule has 2 heterocycles. The molecule has 0 radical (unpaired) electrons. The maximum absolute atomic E-state index is 12.6. The fourth-order valence-corrected chi connectivity index (χ4v) is 3.06. The van der Waals surface area contributed by atoms with E-state index < -0.39 is 12.5 Å². The highest BCUT2D eigenvalue weighted by Gasteiger charge is 2.18. The van der Waals surface area contributed by atoms with Crippen LogP contribution in [0, 0.1) is 6.92 Å². The molecular formula is C18H16F2N4O4S. The third-order valence-electron chi connectivity index (χ3n) is 3.78. The monoisotopic (exact) mass is 422 g/mol. The van der Waals surface area contributed by atoms with Gasteiger partial charge in [-0.3, -0.25) is 10.1 Å². The number of carbonyl (C=O) groups is 1. The number of alkyl halides is 2. The summed E-state index contributed by atoms with van der Waals surface area (Å²) in [6.07, 6.45) is 0.259. The highest BCUT2D eigenvalue weighted by molar-refractivity contribution is 7.09. The molecule has 0 aliphatic carbocycles. The molecule has 8 nitrogen and oxygen atoms in total. The maximum atomic E-state index is 12.6. The molecule has 0 bridgehead atoms. The largest absolute Gasteiger partial charge is 0.461 e. The second kappa shape index (κ2) is 8.78. The number of rotatable bonds is 7. The molecular weight excluding hydrogens is 406 g/mol. The predicted molar refractivity (Wildman–Crippen MR) is 102 cm³/mol. The Balaban J connectivity index is 1.75. The van der Waals surface area contributed by atoms with E-state index in [1.165, 1.54) is 18.2 Å². The number of hydrogen-bond acceptors (Lipinski definition) is 8. The van der Waals surface area contributed by atoms with Crippen molar-refractivity contribution in [2.24, 2.45) is 5.16 Å². The summed E-state index contributed by atoms with van der Waals surface area (Å²) in [6.45, 7) is 0.302. The molecule has 11 heteroatoms. The molecule has 0 aliphatic rings. The van der Waals surface area contributed by atoms with Gasteiger partial charge in [-0.15, -0.1) is 0 Å². The Morgan fingerprint density at radius 3 is 2.93 bits per heavy atom. The van der Waals surface area contributed by atoms with Gasteiger partial charge in [0.1, 0.15) is 23.1 Å². The average molecular weight is 422 g/mol. The standard InChI is InChI=1S/C18H16F2N4O4S/c1-9(23-26)6-15-21-18(29-24-15)22-16(25)13-8-14(27-10(13)2)11-4-3-5-12(7-11)28-17(19)20/h3-5,7-8,17,26H,6H2,1-2H3,(H,21,22,24,25). The van der Waals surface area contributed by atoms with Gasteiger partial charge in [0.15, 0.2) is 0 Å². The minimum atomic E-state index is -2.94. The molecule has 0 atom stereocenters. The number of halogens is 2. The van der Waals surface area contributed by atoms with Crippen LogP contribution in [0.1, 0.15) is 28.9 Å². The minimum Gasteiger partial charge on any atom is -0.461 e. The number of furan rings is 1. The Labute approximate surface area is 168 Å². The summed E-state index contributed by atoms with van der Waals surface area (Å²) in [5, 5.41) is 14.7. The molecule has 0 saturated carbocycles. The Kier molecular flexibility index (Phi) is 6.17. The summed E-state index contributed by atoms with van der Waals surface area (Å²) < 4.78 is 38.9. The quantitative estimate of drug-likeness (QED) is 0.333. The van der Waals surface area contributed by atoms with Crippen molar-refractivity contribution < 1.29 is 27.9 Å². The molecule has 3 aromatic rings. The van der Waals surface area contributed by atoms with Crippen molar-refractivity contribution in [3.63, 3.8) is 0 Å². The van der Waals surface area contributed by atoms with Gasteiger partial charge in [-0.05, 0) is 32.0 Å². The Hall–Kier alpha value is -3.34. The van der Waals surface area contributed by atoms with Crippen LogP contribution in [0.5, 0.6) is 5.75 Å². The van der Waals surface area contributed by atoms with E-state index in [-0.39, 0.29) is 22.9 Å². The smallest absolute Gasteiger partial charge is 0.387 e. The van der Waals surface area contributed by atoms with Crippen molar-refractivity contribution in [2.75, 3.05) is 5.32 Å². The normalized spacial score (nSPS) is 11.7. The van der Waals surface area contributed by atoms with Gasteiger partial charge in [-0.1, -0.05) is 17.3 Å². The van der Waals surface area contributed by atoms with Gasteiger partial charge in [0.25, 0.3) is 5.91 Å². The molecule has 0 aliphatic heterocycles. The van der Waals surface area contributed by atoms with Crippen LogP contribution in [0.25, 0.3) is 11.3 Å². The van der Waals surface area contributed by atoms with Crippen molar-refractivity contribution in [1.82, 2.24) is 9.36 Å². The first-order valence-corrected chi connectivity index (χ1v) is 9.10. The summed E-state index contributed by atoms with van der Waals surface area (Å²) in [4.78, 5) is 16.7. The summed E-state index contributed by atoms with van der Waals surface area (Å²) in [5.74, 6) is 0.639. The topological polar surface area (TPSA) is 110 Å². The van der Waals surface area contributed by atoms with Crippen LogP contribution in [0.2, 0.25) is 0 Å². The lowest BCUT2D eigenvalue weighted by atomic mass is 10.1. The van der Waals surface area contributed by atoms with Crippen LogP contribution in [0.3, 0.4) is 0 Å². The molecule has 1 aromatic carbocycles. The number of nitrogens with zero attached hydrogens (tertiary/aromatic N) is 3. The van der Waals surface area contributed by atoms with Crippen molar-refractivity contribution in [3.8, 4) is 17.1 Å². The zero-order valence-electron chi connectivity index (χ0n) is 15.3. The Bertz CT molecular complexity index is 1050. The third-order valence-corrected chi connectivity index (χ3v) is 4.45. The average Bonchev–Trinajstić information content (AvgIpc) is 3.27. The molecule has 3 rings (SSSR count). The molecule has 0 unspecified atom stereocenters. The number of oxime groups is 1. The van der Waals surface area contributed by atoms with Crippen LogP contribution in [-0.2, 0) is 6.42 Å². The molecule has 152 valence electrons. The van der Waals surface area contributed by atoms with E-state index in [0.29, 0.717) is 28.6 Å². The minimum absolute atomic E-state index is 0.0133. The SMILES string of the molecule is CC(Cc1nsc(NC(=O)c2cc(-c3cccc(OC(F)F)c3)oc2C)n1)=NO. The summed E-state index contributed by atoms with van der Waals surface area (Å²) in [6, 6.07) is 7.51. The second-order valence-electron chi connectivity index (χ2n) is 5.97. The van der Waals surface area contributed by atoms with Crippen molar-refractivity contribution in [3.05, 3.63) is 47.5 Å². The molecule has 2 N–H and O–H groups in total. The third kappa shape index (κ3) is 5.13. The van der Waals surface area contributed by atoms with Crippen LogP contribution >= 0.6 is 11.5 Å². The lowest BCUT2D eigenvalue weighted by Crippen LogP contribution is -2.12. The zero-order chi connectivity index (χ0) is 21.0. The van der Waals surface area contributed by atoms with Gasteiger partial charge in [-0.2, -0.15) is 13.2 Å².